The van der Waals surface area contributed by atoms with Crippen LogP contribution in [0, 0.1) is 5.92 Å². The van der Waals surface area contributed by atoms with Gasteiger partial charge in [-0.1, -0.05) is 18.2 Å². The largest absolute Gasteiger partial charge is 0.465 e. The number of carbonyl (C=O) groups is 2. The lowest BCUT2D eigenvalue weighted by molar-refractivity contribution is -0.151. The average Bonchev–Trinajstić information content (AvgIpc) is 3.23. The predicted octanol–water partition coefficient (Wildman–Crippen LogP) is 4.91. The van der Waals surface area contributed by atoms with Crippen molar-refractivity contribution in [2.75, 3.05) is 24.6 Å². The monoisotopic (exact) mass is 397 g/mol. The summed E-state index contributed by atoms with van der Waals surface area (Å²) in [6.07, 6.45) is 2.29. The molecule has 3 rings (SSSR count). The van der Waals surface area contributed by atoms with Crippen molar-refractivity contribution < 1.29 is 14.3 Å². The Morgan fingerprint density at radius 3 is 2.43 bits per heavy atom. The molecular formula is C23H27NO3S. The van der Waals surface area contributed by atoms with E-state index in [0.717, 1.165) is 29.1 Å². The Balaban J connectivity index is 1.91. The van der Waals surface area contributed by atoms with E-state index in [-0.39, 0.29) is 18.3 Å². The molecule has 1 aromatic carbocycles. The molecule has 1 aliphatic rings. The summed E-state index contributed by atoms with van der Waals surface area (Å²) in [5.74, 6) is -1.50. The minimum Gasteiger partial charge on any atom is -0.465 e. The van der Waals surface area contributed by atoms with Crippen LogP contribution in [-0.4, -0.2) is 31.4 Å². The highest BCUT2D eigenvalue weighted by Crippen LogP contribution is 2.42. The molecule has 0 N–H and O–H groups in total. The third kappa shape index (κ3) is 4.20. The second-order valence-corrected chi connectivity index (χ2v) is 7.83. The summed E-state index contributed by atoms with van der Waals surface area (Å²) in [7, 11) is 0. The van der Waals surface area contributed by atoms with Crippen LogP contribution in [0.3, 0.4) is 0 Å². The normalized spacial score (nSPS) is 19.2. The molecule has 0 amide bonds. The fraction of sp³-hybridized carbons (Fsp3) is 0.391. The van der Waals surface area contributed by atoms with E-state index in [1.165, 1.54) is 5.69 Å². The molecule has 0 radical (unpaired) electrons. The van der Waals surface area contributed by atoms with Gasteiger partial charge in [0.15, 0.2) is 5.78 Å². The van der Waals surface area contributed by atoms with Gasteiger partial charge in [-0.05, 0) is 68.0 Å². The molecular weight excluding hydrogens is 370 g/mol. The molecule has 4 nitrogen and oxygen atoms in total. The highest BCUT2D eigenvalue weighted by Gasteiger charge is 2.40. The van der Waals surface area contributed by atoms with Crippen LogP contribution in [0.4, 0.5) is 5.69 Å². The van der Waals surface area contributed by atoms with Crippen molar-refractivity contribution in [3.8, 4) is 0 Å². The van der Waals surface area contributed by atoms with Crippen LogP contribution in [-0.2, 0) is 14.3 Å². The molecule has 0 saturated carbocycles. The lowest BCUT2D eigenvalue weighted by atomic mass is 9.76. The first kappa shape index (κ1) is 20.3. The quantitative estimate of drug-likeness (QED) is 0.492. The van der Waals surface area contributed by atoms with Gasteiger partial charge in [0.25, 0.3) is 0 Å². The second kappa shape index (κ2) is 9.20. The average molecular weight is 398 g/mol. The Bertz CT molecular complexity index is 835. The number of thiophene rings is 1. The highest BCUT2D eigenvalue weighted by molar-refractivity contribution is 7.10. The van der Waals surface area contributed by atoms with Gasteiger partial charge in [-0.15, -0.1) is 11.3 Å². The van der Waals surface area contributed by atoms with Crippen LogP contribution in [0.2, 0.25) is 0 Å². The molecule has 148 valence electrons. The summed E-state index contributed by atoms with van der Waals surface area (Å²) in [6.45, 7) is 8.24. The van der Waals surface area contributed by atoms with Gasteiger partial charge in [0.1, 0.15) is 5.92 Å². The summed E-state index contributed by atoms with van der Waals surface area (Å²) in [4.78, 5) is 28.7. The third-order valence-electron chi connectivity index (χ3n) is 5.28. The van der Waals surface area contributed by atoms with E-state index in [0.29, 0.717) is 6.42 Å². The SMILES string of the molecule is CCOC(=O)[C@H]1C(=O)C=C(c2ccc(N(CC)CC)cc2)C[C@@H]1c1cccs1. The van der Waals surface area contributed by atoms with E-state index in [1.807, 2.05) is 17.5 Å². The number of ketones is 1. The minimum absolute atomic E-state index is 0.161. The molecule has 1 heterocycles. The molecule has 28 heavy (non-hydrogen) atoms. The topological polar surface area (TPSA) is 46.6 Å². The zero-order valence-corrected chi connectivity index (χ0v) is 17.5. The highest BCUT2D eigenvalue weighted by atomic mass is 32.1. The number of benzene rings is 1. The standard InChI is InChI=1S/C23H27NO3S/c1-4-24(5-2)18-11-9-16(10-12-18)17-14-19(21-8-7-13-28-21)22(20(25)15-17)23(26)27-6-3/h7-13,15,19,22H,4-6,14H2,1-3H3/t19-,22-/m1/s1. The Morgan fingerprint density at radius 2 is 1.86 bits per heavy atom. The summed E-state index contributed by atoms with van der Waals surface area (Å²) in [5, 5.41) is 1.99. The van der Waals surface area contributed by atoms with Gasteiger partial charge in [-0.25, -0.2) is 0 Å². The molecule has 0 saturated heterocycles. The van der Waals surface area contributed by atoms with E-state index in [2.05, 4.69) is 43.0 Å². The number of ether oxygens (including phenoxy) is 1. The van der Waals surface area contributed by atoms with Crippen molar-refractivity contribution in [2.24, 2.45) is 5.92 Å². The molecule has 5 heteroatoms. The maximum absolute atomic E-state index is 12.9. The first-order chi connectivity index (χ1) is 13.6. The van der Waals surface area contributed by atoms with Crippen molar-refractivity contribution in [1.29, 1.82) is 0 Å². The maximum Gasteiger partial charge on any atom is 0.317 e. The number of anilines is 1. The number of carbonyl (C=O) groups excluding carboxylic acids is 2. The number of allylic oxidation sites excluding steroid dienone is 2. The smallest absolute Gasteiger partial charge is 0.317 e. The molecule has 0 spiro atoms. The van der Waals surface area contributed by atoms with Crippen LogP contribution < -0.4 is 4.90 Å². The zero-order chi connectivity index (χ0) is 20.1. The molecule has 1 aromatic heterocycles. The molecule has 0 unspecified atom stereocenters. The number of hydrogen-bond acceptors (Lipinski definition) is 5. The number of nitrogens with zero attached hydrogens (tertiary/aromatic N) is 1. The van der Waals surface area contributed by atoms with Gasteiger partial charge in [0.05, 0.1) is 6.61 Å². The first-order valence-corrected chi connectivity index (χ1v) is 10.8. The molecule has 2 atom stereocenters. The fourth-order valence-electron chi connectivity index (χ4n) is 3.83. The molecule has 0 fully saturated rings. The summed E-state index contributed by atoms with van der Waals surface area (Å²) in [5.41, 5.74) is 3.19. The molecule has 0 bridgehead atoms. The summed E-state index contributed by atoms with van der Waals surface area (Å²) >= 11 is 1.59. The molecule has 2 aromatic rings. The number of esters is 1. The van der Waals surface area contributed by atoms with Crippen molar-refractivity contribution in [1.82, 2.24) is 0 Å². The van der Waals surface area contributed by atoms with Crippen molar-refractivity contribution >= 4 is 34.3 Å². The van der Waals surface area contributed by atoms with Crippen LogP contribution in [0.15, 0.2) is 47.9 Å². The molecule has 0 aliphatic heterocycles. The predicted molar refractivity (Wildman–Crippen MR) is 115 cm³/mol. The van der Waals surface area contributed by atoms with Crippen LogP contribution in [0.25, 0.3) is 5.57 Å². The first-order valence-electron chi connectivity index (χ1n) is 9.88. The van der Waals surface area contributed by atoms with Gasteiger partial charge in [0.2, 0.25) is 0 Å². The van der Waals surface area contributed by atoms with Crippen LogP contribution in [0.1, 0.15) is 43.6 Å². The lowest BCUT2D eigenvalue weighted by Gasteiger charge is -2.28. The zero-order valence-electron chi connectivity index (χ0n) is 16.7. The van der Waals surface area contributed by atoms with Gasteiger partial charge in [-0.3, -0.25) is 9.59 Å². The van der Waals surface area contributed by atoms with E-state index in [1.54, 1.807) is 24.3 Å². The van der Waals surface area contributed by atoms with Gasteiger partial charge in [0, 0.05) is 29.6 Å². The van der Waals surface area contributed by atoms with Gasteiger partial charge < -0.3 is 9.64 Å². The van der Waals surface area contributed by atoms with E-state index in [4.69, 9.17) is 4.74 Å². The van der Waals surface area contributed by atoms with Gasteiger partial charge in [-0.2, -0.15) is 0 Å². The fourth-order valence-corrected chi connectivity index (χ4v) is 4.69. The summed E-state index contributed by atoms with van der Waals surface area (Å²) in [6, 6.07) is 12.3. The lowest BCUT2D eigenvalue weighted by Crippen LogP contribution is -2.33. The Labute approximate surface area is 170 Å². The van der Waals surface area contributed by atoms with Crippen molar-refractivity contribution in [2.45, 2.75) is 33.1 Å². The van der Waals surface area contributed by atoms with E-state index in [9.17, 15) is 9.59 Å². The van der Waals surface area contributed by atoms with Gasteiger partial charge >= 0.3 is 5.97 Å². The Kier molecular flexibility index (Phi) is 6.68. The Morgan fingerprint density at radius 1 is 1.14 bits per heavy atom. The summed E-state index contributed by atoms with van der Waals surface area (Å²) < 4.78 is 5.20. The third-order valence-corrected chi connectivity index (χ3v) is 6.29. The van der Waals surface area contributed by atoms with E-state index >= 15 is 0 Å². The number of hydrogen-bond donors (Lipinski definition) is 0. The van der Waals surface area contributed by atoms with Crippen molar-refractivity contribution in [3.05, 3.63) is 58.3 Å². The molecule has 1 aliphatic carbocycles. The van der Waals surface area contributed by atoms with Crippen LogP contribution >= 0.6 is 11.3 Å². The number of rotatable bonds is 7. The minimum atomic E-state index is -0.753. The maximum atomic E-state index is 12.9. The van der Waals surface area contributed by atoms with Crippen LogP contribution in [0.5, 0.6) is 0 Å². The van der Waals surface area contributed by atoms with Crippen molar-refractivity contribution in [3.63, 3.8) is 0 Å². The Hall–Kier alpha value is -2.40. The van der Waals surface area contributed by atoms with E-state index < -0.39 is 11.9 Å². The second-order valence-electron chi connectivity index (χ2n) is 6.85.